The fourth-order valence-electron chi connectivity index (χ4n) is 2.20. The number of hydrogen-bond acceptors (Lipinski definition) is 2. The molecule has 1 aliphatic heterocycles. The zero-order chi connectivity index (χ0) is 13.7. The number of benzene rings is 1. The van der Waals surface area contributed by atoms with E-state index in [0.29, 0.717) is 19.1 Å². The third kappa shape index (κ3) is 4.51. The molecule has 1 saturated heterocycles. The van der Waals surface area contributed by atoms with Gasteiger partial charge in [0.15, 0.2) is 0 Å². The lowest BCUT2D eigenvalue weighted by Gasteiger charge is -2.22. The lowest BCUT2D eigenvalue weighted by Crippen LogP contribution is -2.32. The van der Waals surface area contributed by atoms with Gasteiger partial charge in [0.05, 0.1) is 18.8 Å². The summed E-state index contributed by atoms with van der Waals surface area (Å²) in [6, 6.07) is 5.14. The fraction of sp³-hybridized carbons (Fsp3) is 0.571. The maximum Gasteiger partial charge on any atom is 0.416 e. The quantitative estimate of drug-likeness (QED) is 0.909. The van der Waals surface area contributed by atoms with Crippen LogP contribution >= 0.6 is 0 Å². The number of piperidine rings is 1. The number of hydrogen-bond donors (Lipinski definition) is 1. The average Bonchev–Trinajstić information content (AvgIpc) is 2.39. The van der Waals surface area contributed by atoms with Gasteiger partial charge in [-0.15, -0.1) is 0 Å². The van der Waals surface area contributed by atoms with Gasteiger partial charge in [0.25, 0.3) is 0 Å². The Labute approximate surface area is 111 Å². The molecule has 0 aliphatic carbocycles. The van der Waals surface area contributed by atoms with Crippen LogP contribution in [0.3, 0.4) is 0 Å². The Hall–Kier alpha value is -1.07. The molecule has 0 saturated carbocycles. The van der Waals surface area contributed by atoms with Gasteiger partial charge in [0.2, 0.25) is 0 Å². The zero-order valence-corrected chi connectivity index (χ0v) is 10.7. The predicted octanol–water partition coefficient (Wildman–Crippen LogP) is 3.22. The maximum atomic E-state index is 12.4. The van der Waals surface area contributed by atoms with Crippen molar-refractivity contribution in [2.24, 2.45) is 5.92 Å². The molecule has 0 spiro atoms. The minimum atomic E-state index is -4.27. The molecule has 0 aromatic heterocycles. The summed E-state index contributed by atoms with van der Waals surface area (Å²) in [5, 5.41) is 3.30. The van der Waals surface area contributed by atoms with Crippen LogP contribution in [-0.2, 0) is 17.5 Å². The lowest BCUT2D eigenvalue weighted by molar-refractivity contribution is -0.137. The largest absolute Gasteiger partial charge is 0.416 e. The predicted molar refractivity (Wildman–Crippen MR) is 66.7 cm³/mol. The fourth-order valence-corrected chi connectivity index (χ4v) is 2.20. The average molecular weight is 273 g/mol. The van der Waals surface area contributed by atoms with Crippen molar-refractivity contribution in [1.29, 1.82) is 0 Å². The number of halogens is 3. The Balaban J connectivity index is 1.76. The molecule has 2 nitrogen and oxygen atoms in total. The molecule has 1 heterocycles. The van der Waals surface area contributed by atoms with Crippen molar-refractivity contribution in [3.8, 4) is 0 Å². The molecule has 106 valence electrons. The minimum Gasteiger partial charge on any atom is -0.376 e. The Morgan fingerprint density at radius 2 is 1.95 bits per heavy atom. The molecule has 0 amide bonds. The van der Waals surface area contributed by atoms with Crippen LogP contribution in [0.1, 0.15) is 24.0 Å². The van der Waals surface area contributed by atoms with Gasteiger partial charge in [-0.2, -0.15) is 13.2 Å². The normalized spacial score (nSPS) is 20.5. The molecule has 1 aromatic rings. The summed E-state index contributed by atoms with van der Waals surface area (Å²) in [7, 11) is 0. The molecule has 5 heteroatoms. The van der Waals surface area contributed by atoms with Crippen LogP contribution in [0.25, 0.3) is 0 Å². The first-order valence-electron chi connectivity index (χ1n) is 6.50. The number of nitrogens with one attached hydrogen (secondary N) is 1. The SMILES string of the molecule is FC(F)(F)c1ccc(COCC2CCCNC2)cc1. The van der Waals surface area contributed by atoms with Crippen LogP contribution in [0.2, 0.25) is 0 Å². The molecule has 1 unspecified atom stereocenters. The first-order valence-corrected chi connectivity index (χ1v) is 6.50. The van der Waals surface area contributed by atoms with Crippen molar-refractivity contribution in [3.63, 3.8) is 0 Å². The van der Waals surface area contributed by atoms with Crippen LogP contribution in [0.4, 0.5) is 13.2 Å². The van der Waals surface area contributed by atoms with Crippen LogP contribution in [0, 0.1) is 5.92 Å². The summed E-state index contributed by atoms with van der Waals surface area (Å²) < 4.78 is 42.7. The van der Waals surface area contributed by atoms with Crippen molar-refractivity contribution in [3.05, 3.63) is 35.4 Å². The Bertz CT molecular complexity index is 383. The number of ether oxygens (including phenoxy) is 1. The Morgan fingerprint density at radius 3 is 2.53 bits per heavy atom. The molecule has 0 bridgehead atoms. The molecule has 1 aliphatic rings. The van der Waals surface area contributed by atoms with Gasteiger partial charge in [-0.3, -0.25) is 0 Å². The van der Waals surface area contributed by atoms with Crippen LogP contribution in [0.15, 0.2) is 24.3 Å². The van der Waals surface area contributed by atoms with E-state index in [9.17, 15) is 13.2 Å². The van der Waals surface area contributed by atoms with E-state index in [1.165, 1.54) is 12.1 Å². The molecular weight excluding hydrogens is 255 g/mol. The summed E-state index contributed by atoms with van der Waals surface area (Å²) in [5.41, 5.74) is 0.157. The van der Waals surface area contributed by atoms with E-state index in [4.69, 9.17) is 4.74 Å². The smallest absolute Gasteiger partial charge is 0.376 e. The van der Waals surface area contributed by atoms with Gasteiger partial charge in [0.1, 0.15) is 0 Å². The standard InChI is InChI=1S/C14H18F3NO/c15-14(16,17)13-5-3-11(4-6-13)9-19-10-12-2-1-7-18-8-12/h3-6,12,18H,1-2,7-10H2. The third-order valence-electron chi connectivity index (χ3n) is 3.30. The van der Waals surface area contributed by atoms with Crippen molar-refractivity contribution >= 4 is 0 Å². The van der Waals surface area contributed by atoms with Gasteiger partial charge in [-0.1, -0.05) is 12.1 Å². The molecule has 1 aromatic carbocycles. The second kappa shape index (κ2) is 6.39. The molecule has 0 radical (unpaired) electrons. The Morgan fingerprint density at radius 1 is 1.21 bits per heavy atom. The van der Waals surface area contributed by atoms with Crippen molar-refractivity contribution in [1.82, 2.24) is 5.32 Å². The molecule has 1 atom stereocenters. The summed E-state index contributed by atoms with van der Waals surface area (Å²) in [4.78, 5) is 0. The highest BCUT2D eigenvalue weighted by Gasteiger charge is 2.29. The van der Waals surface area contributed by atoms with Crippen molar-refractivity contribution in [2.45, 2.75) is 25.6 Å². The number of rotatable bonds is 4. The van der Waals surface area contributed by atoms with Crippen LogP contribution in [-0.4, -0.2) is 19.7 Å². The van der Waals surface area contributed by atoms with Crippen molar-refractivity contribution in [2.75, 3.05) is 19.7 Å². The lowest BCUT2D eigenvalue weighted by atomic mass is 10.0. The van der Waals surface area contributed by atoms with Gasteiger partial charge in [0, 0.05) is 6.54 Å². The topological polar surface area (TPSA) is 21.3 Å². The van der Waals surface area contributed by atoms with E-state index < -0.39 is 11.7 Å². The molecular formula is C14H18F3NO. The minimum absolute atomic E-state index is 0.370. The zero-order valence-electron chi connectivity index (χ0n) is 10.7. The second-order valence-electron chi connectivity index (χ2n) is 4.92. The first-order chi connectivity index (χ1) is 9.05. The van der Waals surface area contributed by atoms with E-state index in [-0.39, 0.29) is 0 Å². The van der Waals surface area contributed by atoms with Gasteiger partial charge >= 0.3 is 6.18 Å². The Kier molecular flexibility index (Phi) is 4.82. The highest BCUT2D eigenvalue weighted by Crippen LogP contribution is 2.29. The summed E-state index contributed by atoms with van der Waals surface area (Å²) >= 11 is 0. The molecule has 2 rings (SSSR count). The van der Waals surface area contributed by atoms with E-state index in [1.807, 2.05) is 0 Å². The van der Waals surface area contributed by atoms with Crippen molar-refractivity contribution < 1.29 is 17.9 Å². The van der Waals surface area contributed by atoms with E-state index in [2.05, 4.69) is 5.32 Å². The van der Waals surface area contributed by atoms with Gasteiger partial charge in [-0.25, -0.2) is 0 Å². The van der Waals surface area contributed by atoms with E-state index in [0.717, 1.165) is 43.6 Å². The molecule has 1 fully saturated rings. The van der Waals surface area contributed by atoms with E-state index >= 15 is 0 Å². The molecule has 1 N–H and O–H groups in total. The summed E-state index contributed by atoms with van der Waals surface area (Å²) in [6.45, 7) is 3.06. The first kappa shape index (κ1) is 14.3. The third-order valence-corrected chi connectivity index (χ3v) is 3.30. The second-order valence-corrected chi connectivity index (χ2v) is 4.92. The monoisotopic (exact) mass is 273 g/mol. The highest BCUT2D eigenvalue weighted by atomic mass is 19.4. The summed E-state index contributed by atoms with van der Waals surface area (Å²) in [6.07, 6.45) is -1.96. The van der Waals surface area contributed by atoms with Crippen LogP contribution < -0.4 is 5.32 Å². The summed E-state index contributed by atoms with van der Waals surface area (Å²) in [5.74, 6) is 0.517. The molecule has 19 heavy (non-hydrogen) atoms. The van der Waals surface area contributed by atoms with Gasteiger partial charge in [-0.05, 0) is 43.0 Å². The maximum absolute atomic E-state index is 12.4. The van der Waals surface area contributed by atoms with E-state index in [1.54, 1.807) is 0 Å². The van der Waals surface area contributed by atoms with Crippen LogP contribution in [0.5, 0.6) is 0 Å². The van der Waals surface area contributed by atoms with Gasteiger partial charge < -0.3 is 10.1 Å². The number of alkyl halides is 3. The highest BCUT2D eigenvalue weighted by molar-refractivity contribution is 5.24.